The molecule has 0 spiro atoms. The lowest BCUT2D eigenvalue weighted by molar-refractivity contribution is 0.0894. The lowest BCUT2D eigenvalue weighted by Crippen LogP contribution is -2.07. The van der Waals surface area contributed by atoms with Crippen molar-refractivity contribution >= 4 is 22.9 Å². The maximum atomic E-state index is 11.9. The topological polar surface area (TPSA) is 52.0 Å². The third-order valence-electron chi connectivity index (χ3n) is 2.60. The molecular formula is C13H14N2O2S. The fourth-order valence-electron chi connectivity index (χ4n) is 1.60. The van der Waals surface area contributed by atoms with Gasteiger partial charge in [0, 0.05) is 18.1 Å². The first-order valence-electron chi connectivity index (χ1n) is 5.73. The van der Waals surface area contributed by atoms with E-state index in [4.69, 9.17) is 0 Å². The molecule has 94 valence electrons. The number of hydrogen-bond donors (Lipinski definition) is 0. The second-order valence-corrected chi connectivity index (χ2v) is 5.24. The summed E-state index contributed by atoms with van der Waals surface area (Å²) in [4.78, 5) is 29.5. The Morgan fingerprint density at radius 2 is 2.11 bits per heavy atom. The average Bonchev–Trinajstić information content (AvgIpc) is 2.97. The minimum atomic E-state index is -0.230. The van der Waals surface area contributed by atoms with Gasteiger partial charge in [0.05, 0.1) is 17.6 Å². The molecule has 0 unspecified atom stereocenters. The van der Waals surface area contributed by atoms with E-state index in [0.717, 1.165) is 11.3 Å². The molecule has 2 aromatic heterocycles. The molecule has 0 aliphatic rings. The number of ketones is 2. The van der Waals surface area contributed by atoms with Crippen LogP contribution < -0.4 is 0 Å². The lowest BCUT2D eigenvalue weighted by Gasteiger charge is -1.95. The summed E-state index contributed by atoms with van der Waals surface area (Å²) in [5.41, 5.74) is 0.345. The second kappa shape index (κ2) is 5.27. The molecule has 0 saturated carbocycles. The minimum absolute atomic E-state index is 0.110. The normalized spacial score (nSPS) is 10.6. The predicted octanol–water partition coefficient (Wildman–Crippen LogP) is 2.50. The minimum Gasteiger partial charge on any atom is -0.340 e. The molecule has 0 bridgehead atoms. The summed E-state index contributed by atoms with van der Waals surface area (Å²) >= 11 is 1.46. The van der Waals surface area contributed by atoms with Crippen LogP contribution in [0.25, 0.3) is 0 Å². The van der Waals surface area contributed by atoms with Crippen molar-refractivity contribution in [1.29, 1.82) is 0 Å². The van der Waals surface area contributed by atoms with Crippen LogP contribution in [0.4, 0.5) is 0 Å². The Balaban J connectivity index is 2.05. The van der Waals surface area contributed by atoms with Crippen LogP contribution in [0.5, 0.6) is 0 Å². The zero-order valence-corrected chi connectivity index (χ0v) is 11.2. The van der Waals surface area contributed by atoms with Crippen LogP contribution in [0.1, 0.15) is 38.4 Å². The van der Waals surface area contributed by atoms with Crippen LogP contribution in [0.3, 0.4) is 0 Å². The van der Waals surface area contributed by atoms with Crippen LogP contribution >= 0.6 is 11.3 Å². The molecule has 5 heteroatoms. The highest BCUT2D eigenvalue weighted by atomic mass is 32.1. The van der Waals surface area contributed by atoms with Gasteiger partial charge in [0.1, 0.15) is 5.69 Å². The Labute approximate surface area is 109 Å². The fourth-order valence-corrected chi connectivity index (χ4v) is 2.48. The van der Waals surface area contributed by atoms with Gasteiger partial charge in [-0.3, -0.25) is 9.59 Å². The van der Waals surface area contributed by atoms with Crippen molar-refractivity contribution in [3.8, 4) is 0 Å². The molecule has 2 aromatic rings. The molecule has 2 heterocycles. The Kier molecular flexibility index (Phi) is 3.72. The maximum Gasteiger partial charge on any atom is 0.190 e. The van der Waals surface area contributed by atoms with E-state index < -0.39 is 0 Å². The van der Waals surface area contributed by atoms with Gasteiger partial charge in [-0.1, -0.05) is 6.92 Å². The van der Waals surface area contributed by atoms with Crippen LogP contribution in [0.15, 0.2) is 24.7 Å². The number of Topliss-reactive ketones (excluding diaryl/α,β-unsaturated/α-hetero) is 2. The molecule has 4 nitrogen and oxygen atoms in total. The van der Waals surface area contributed by atoms with E-state index in [1.807, 2.05) is 13.0 Å². The quantitative estimate of drug-likeness (QED) is 0.614. The van der Waals surface area contributed by atoms with Gasteiger partial charge in [0.2, 0.25) is 0 Å². The SMILES string of the molecule is CCc1ccc(C(=O)CC(=O)c2cn(C)cn2)s1. The van der Waals surface area contributed by atoms with Crippen molar-refractivity contribution in [3.63, 3.8) is 0 Å². The van der Waals surface area contributed by atoms with Crippen molar-refractivity contribution in [2.45, 2.75) is 19.8 Å². The van der Waals surface area contributed by atoms with E-state index in [2.05, 4.69) is 4.98 Å². The first-order valence-corrected chi connectivity index (χ1v) is 6.55. The first-order chi connectivity index (χ1) is 8.60. The molecule has 0 atom stereocenters. The Morgan fingerprint density at radius 3 is 2.67 bits per heavy atom. The summed E-state index contributed by atoms with van der Waals surface area (Å²) in [6.45, 7) is 2.04. The van der Waals surface area contributed by atoms with Crippen molar-refractivity contribution in [3.05, 3.63) is 40.1 Å². The zero-order valence-electron chi connectivity index (χ0n) is 10.3. The number of carbonyl (C=O) groups excluding carboxylic acids is 2. The van der Waals surface area contributed by atoms with E-state index in [1.54, 1.807) is 30.2 Å². The highest BCUT2D eigenvalue weighted by molar-refractivity contribution is 7.14. The van der Waals surface area contributed by atoms with Crippen LogP contribution in [-0.2, 0) is 13.5 Å². The second-order valence-electron chi connectivity index (χ2n) is 4.07. The van der Waals surface area contributed by atoms with Gasteiger partial charge < -0.3 is 4.57 Å². The molecule has 0 N–H and O–H groups in total. The van der Waals surface area contributed by atoms with Gasteiger partial charge in [-0.25, -0.2) is 4.98 Å². The van der Waals surface area contributed by atoms with Gasteiger partial charge in [-0.15, -0.1) is 11.3 Å². The van der Waals surface area contributed by atoms with Crippen LogP contribution in [0.2, 0.25) is 0 Å². The molecule has 0 radical (unpaired) electrons. The van der Waals surface area contributed by atoms with E-state index in [1.165, 1.54) is 11.3 Å². The first kappa shape index (κ1) is 12.7. The Hall–Kier alpha value is -1.75. The van der Waals surface area contributed by atoms with Crippen molar-refractivity contribution in [2.24, 2.45) is 7.05 Å². The summed E-state index contributed by atoms with van der Waals surface area (Å²) in [6.07, 6.45) is 3.98. The summed E-state index contributed by atoms with van der Waals surface area (Å²) < 4.78 is 1.69. The van der Waals surface area contributed by atoms with Gasteiger partial charge in [0.25, 0.3) is 0 Å². The van der Waals surface area contributed by atoms with Gasteiger partial charge in [0.15, 0.2) is 11.6 Å². The van der Waals surface area contributed by atoms with Crippen molar-refractivity contribution in [1.82, 2.24) is 9.55 Å². The largest absolute Gasteiger partial charge is 0.340 e. The lowest BCUT2D eigenvalue weighted by atomic mass is 10.1. The molecular weight excluding hydrogens is 248 g/mol. The smallest absolute Gasteiger partial charge is 0.190 e. The standard InChI is InChI=1S/C13H14N2O2S/c1-3-9-4-5-13(18-9)12(17)6-11(16)10-7-15(2)8-14-10/h4-5,7-8H,3,6H2,1-2H3. The number of nitrogens with zero attached hydrogens (tertiary/aromatic N) is 2. The Morgan fingerprint density at radius 1 is 1.33 bits per heavy atom. The molecule has 0 saturated heterocycles. The number of rotatable bonds is 5. The fraction of sp³-hybridized carbons (Fsp3) is 0.308. The Bertz CT molecular complexity index is 583. The highest BCUT2D eigenvalue weighted by Gasteiger charge is 2.16. The molecule has 18 heavy (non-hydrogen) atoms. The van der Waals surface area contributed by atoms with Crippen molar-refractivity contribution in [2.75, 3.05) is 0 Å². The van der Waals surface area contributed by atoms with E-state index in [0.29, 0.717) is 10.6 Å². The van der Waals surface area contributed by atoms with Gasteiger partial charge in [-0.2, -0.15) is 0 Å². The van der Waals surface area contributed by atoms with E-state index in [-0.39, 0.29) is 18.0 Å². The summed E-state index contributed by atoms with van der Waals surface area (Å²) in [6, 6.07) is 3.72. The molecule has 2 rings (SSSR count). The zero-order chi connectivity index (χ0) is 13.1. The number of aryl methyl sites for hydroxylation is 2. The molecule has 0 aliphatic heterocycles. The molecule has 0 aromatic carbocycles. The number of carbonyl (C=O) groups is 2. The highest BCUT2D eigenvalue weighted by Crippen LogP contribution is 2.19. The van der Waals surface area contributed by atoms with E-state index in [9.17, 15) is 9.59 Å². The van der Waals surface area contributed by atoms with Gasteiger partial charge in [-0.05, 0) is 18.6 Å². The third-order valence-corrected chi connectivity index (χ3v) is 3.87. The maximum absolute atomic E-state index is 11.9. The molecule has 0 fully saturated rings. The summed E-state index contributed by atoms with van der Waals surface area (Å²) in [5, 5.41) is 0. The molecule has 0 amide bonds. The summed E-state index contributed by atoms with van der Waals surface area (Å²) in [5.74, 6) is -0.359. The van der Waals surface area contributed by atoms with Crippen LogP contribution in [0, 0.1) is 0 Å². The summed E-state index contributed by atoms with van der Waals surface area (Å²) in [7, 11) is 1.79. The number of thiophene rings is 1. The average molecular weight is 262 g/mol. The predicted molar refractivity (Wildman–Crippen MR) is 70.2 cm³/mol. The number of imidazole rings is 1. The number of hydrogen-bond acceptors (Lipinski definition) is 4. The third kappa shape index (κ3) is 2.73. The van der Waals surface area contributed by atoms with Crippen LogP contribution in [-0.4, -0.2) is 21.1 Å². The van der Waals surface area contributed by atoms with Crippen molar-refractivity contribution < 1.29 is 9.59 Å². The molecule has 0 aliphatic carbocycles. The monoisotopic (exact) mass is 262 g/mol. The number of aromatic nitrogens is 2. The van der Waals surface area contributed by atoms with Gasteiger partial charge >= 0.3 is 0 Å². The van der Waals surface area contributed by atoms with E-state index >= 15 is 0 Å².